The summed E-state index contributed by atoms with van der Waals surface area (Å²) in [4.78, 5) is 0. The van der Waals surface area contributed by atoms with Gasteiger partial charge in [0, 0.05) is 11.7 Å². The Bertz CT molecular complexity index is 393. The highest BCUT2D eigenvalue weighted by molar-refractivity contribution is 5.62. The third kappa shape index (κ3) is 2.90. The Morgan fingerprint density at radius 1 is 1.44 bits per heavy atom. The largest absolute Gasteiger partial charge is 0.398 e. The molecule has 0 saturated heterocycles. The maximum Gasteiger partial charge on any atom is 0.101 e. The van der Waals surface area contributed by atoms with Crippen LogP contribution in [-0.4, -0.2) is 6.04 Å². The highest BCUT2D eigenvalue weighted by Crippen LogP contribution is 2.20. The van der Waals surface area contributed by atoms with E-state index >= 15 is 0 Å². The number of hydrogen-bond donors (Lipinski definition) is 2. The molecule has 2 atom stereocenters. The number of nitrogens with two attached hydrogens (primary N) is 1. The van der Waals surface area contributed by atoms with Crippen LogP contribution in [-0.2, 0) is 0 Å². The molecule has 0 fully saturated rings. The second-order valence-corrected chi connectivity index (χ2v) is 4.23. The number of nitrogen functional groups attached to an aromatic ring is 1. The van der Waals surface area contributed by atoms with Crippen LogP contribution in [0.5, 0.6) is 0 Å². The smallest absolute Gasteiger partial charge is 0.101 e. The zero-order valence-electron chi connectivity index (χ0n) is 10.1. The van der Waals surface area contributed by atoms with E-state index in [9.17, 15) is 0 Å². The van der Waals surface area contributed by atoms with Crippen LogP contribution >= 0.6 is 0 Å². The van der Waals surface area contributed by atoms with Gasteiger partial charge in [0.05, 0.1) is 11.3 Å². The second kappa shape index (κ2) is 5.41. The van der Waals surface area contributed by atoms with Gasteiger partial charge in [-0.25, -0.2) is 0 Å². The number of benzene rings is 1. The predicted molar refractivity (Wildman–Crippen MR) is 68.1 cm³/mol. The Hall–Kier alpha value is -1.69. The van der Waals surface area contributed by atoms with Gasteiger partial charge in [0.25, 0.3) is 0 Å². The molecule has 0 aliphatic rings. The van der Waals surface area contributed by atoms with E-state index in [0.717, 1.165) is 12.1 Å². The highest BCUT2D eigenvalue weighted by atomic mass is 14.9. The molecule has 86 valence electrons. The number of nitriles is 1. The quantitative estimate of drug-likeness (QED) is 0.762. The van der Waals surface area contributed by atoms with Crippen LogP contribution in [0.3, 0.4) is 0 Å². The number of anilines is 2. The molecule has 0 aliphatic carbocycles. The normalized spacial score (nSPS) is 13.9. The Morgan fingerprint density at radius 2 is 2.12 bits per heavy atom. The summed E-state index contributed by atoms with van der Waals surface area (Å²) in [6.07, 6.45) is 1.14. The van der Waals surface area contributed by atoms with Crippen LogP contribution in [0.25, 0.3) is 0 Å². The summed E-state index contributed by atoms with van der Waals surface area (Å²) in [5.74, 6) is 0.608. The van der Waals surface area contributed by atoms with Crippen molar-refractivity contribution in [3.05, 3.63) is 23.8 Å². The van der Waals surface area contributed by atoms with Crippen LogP contribution in [0, 0.1) is 17.2 Å². The fourth-order valence-electron chi connectivity index (χ4n) is 1.51. The summed E-state index contributed by atoms with van der Waals surface area (Å²) in [7, 11) is 0. The Labute approximate surface area is 97.3 Å². The van der Waals surface area contributed by atoms with E-state index in [1.165, 1.54) is 0 Å². The number of nitrogens with one attached hydrogen (secondary N) is 1. The summed E-state index contributed by atoms with van der Waals surface area (Å²) in [5, 5.41) is 12.2. The lowest BCUT2D eigenvalue weighted by Crippen LogP contribution is -2.23. The molecular weight excluding hydrogens is 198 g/mol. The van der Waals surface area contributed by atoms with Gasteiger partial charge in [-0.15, -0.1) is 0 Å². The summed E-state index contributed by atoms with van der Waals surface area (Å²) in [5.41, 5.74) is 7.79. The lowest BCUT2D eigenvalue weighted by Gasteiger charge is -2.21. The van der Waals surface area contributed by atoms with Gasteiger partial charge in [0.15, 0.2) is 0 Å². The standard InChI is InChI=1S/C13H19N3/c1-4-9(2)10(3)16-12-6-5-11(8-14)13(15)7-12/h5-7,9-10,16H,4,15H2,1-3H3. The van der Waals surface area contributed by atoms with Crippen molar-refractivity contribution < 1.29 is 0 Å². The third-order valence-electron chi connectivity index (χ3n) is 3.06. The van der Waals surface area contributed by atoms with Crippen molar-refractivity contribution >= 4 is 11.4 Å². The third-order valence-corrected chi connectivity index (χ3v) is 3.06. The lowest BCUT2D eigenvalue weighted by molar-refractivity contribution is 0.495. The lowest BCUT2D eigenvalue weighted by atomic mass is 10.0. The molecule has 0 spiro atoms. The molecule has 3 N–H and O–H groups in total. The summed E-state index contributed by atoms with van der Waals surface area (Å²) < 4.78 is 0. The maximum absolute atomic E-state index is 8.77. The molecule has 1 rings (SSSR count). The van der Waals surface area contributed by atoms with Crippen molar-refractivity contribution in [1.29, 1.82) is 5.26 Å². The van der Waals surface area contributed by atoms with E-state index in [4.69, 9.17) is 11.0 Å². The van der Waals surface area contributed by atoms with E-state index < -0.39 is 0 Å². The minimum Gasteiger partial charge on any atom is -0.398 e. The van der Waals surface area contributed by atoms with Gasteiger partial charge >= 0.3 is 0 Å². The first-order valence-electron chi connectivity index (χ1n) is 5.64. The molecule has 0 bridgehead atoms. The van der Waals surface area contributed by atoms with Crippen molar-refractivity contribution in [3.63, 3.8) is 0 Å². The highest BCUT2D eigenvalue weighted by Gasteiger charge is 2.10. The molecule has 3 heteroatoms. The monoisotopic (exact) mass is 217 g/mol. The van der Waals surface area contributed by atoms with E-state index in [0.29, 0.717) is 23.2 Å². The van der Waals surface area contributed by atoms with Crippen LogP contribution in [0.1, 0.15) is 32.8 Å². The molecule has 2 unspecified atom stereocenters. The Morgan fingerprint density at radius 3 is 2.62 bits per heavy atom. The number of rotatable bonds is 4. The summed E-state index contributed by atoms with van der Waals surface area (Å²) >= 11 is 0. The van der Waals surface area contributed by atoms with Crippen molar-refractivity contribution in [2.75, 3.05) is 11.1 Å². The molecule has 0 saturated carbocycles. The molecule has 1 aromatic rings. The SMILES string of the molecule is CCC(C)C(C)Nc1ccc(C#N)c(N)c1. The zero-order valence-corrected chi connectivity index (χ0v) is 10.1. The van der Waals surface area contributed by atoms with E-state index in [1.807, 2.05) is 12.1 Å². The fraction of sp³-hybridized carbons (Fsp3) is 0.462. The molecule has 0 amide bonds. The van der Waals surface area contributed by atoms with Gasteiger partial charge < -0.3 is 11.1 Å². The van der Waals surface area contributed by atoms with Gasteiger partial charge in [-0.1, -0.05) is 20.3 Å². The first-order chi connectivity index (χ1) is 7.58. The Balaban J connectivity index is 2.76. The van der Waals surface area contributed by atoms with Gasteiger partial charge in [-0.05, 0) is 31.0 Å². The molecule has 0 radical (unpaired) electrons. The van der Waals surface area contributed by atoms with Gasteiger partial charge in [0.1, 0.15) is 6.07 Å². The fourth-order valence-corrected chi connectivity index (χ4v) is 1.51. The van der Waals surface area contributed by atoms with E-state index in [-0.39, 0.29) is 0 Å². The van der Waals surface area contributed by atoms with Gasteiger partial charge in [-0.3, -0.25) is 0 Å². The molecule has 1 aromatic carbocycles. The molecule has 0 heterocycles. The van der Waals surface area contributed by atoms with Gasteiger partial charge in [-0.2, -0.15) is 5.26 Å². The number of nitrogens with zero attached hydrogens (tertiary/aromatic N) is 1. The average Bonchev–Trinajstić information content (AvgIpc) is 2.28. The topological polar surface area (TPSA) is 61.8 Å². The van der Waals surface area contributed by atoms with Crippen LogP contribution in [0.15, 0.2) is 18.2 Å². The first-order valence-corrected chi connectivity index (χ1v) is 5.64. The van der Waals surface area contributed by atoms with Crippen LogP contribution < -0.4 is 11.1 Å². The Kier molecular flexibility index (Phi) is 4.19. The number of hydrogen-bond acceptors (Lipinski definition) is 3. The first kappa shape index (κ1) is 12.4. The zero-order chi connectivity index (χ0) is 12.1. The minimum atomic E-state index is 0.400. The molecule has 3 nitrogen and oxygen atoms in total. The molecule has 0 aliphatic heterocycles. The molecule has 0 aromatic heterocycles. The second-order valence-electron chi connectivity index (χ2n) is 4.23. The molecule has 16 heavy (non-hydrogen) atoms. The average molecular weight is 217 g/mol. The van der Waals surface area contributed by atoms with E-state index in [2.05, 4.69) is 32.2 Å². The predicted octanol–water partition coefficient (Wildman–Crippen LogP) is 2.99. The van der Waals surface area contributed by atoms with Crippen molar-refractivity contribution in [2.45, 2.75) is 33.2 Å². The van der Waals surface area contributed by atoms with Crippen molar-refractivity contribution in [3.8, 4) is 6.07 Å². The summed E-state index contributed by atoms with van der Waals surface area (Å²) in [6, 6.07) is 7.92. The van der Waals surface area contributed by atoms with Crippen molar-refractivity contribution in [1.82, 2.24) is 0 Å². The molecular formula is C13H19N3. The van der Waals surface area contributed by atoms with E-state index in [1.54, 1.807) is 6.07 Å². The van der Waals surface area contributed by atoms with Crippen molar-refractivity contribution in [2.24, 2.45) is 5.92 Å². The van der Waals surface area contributed by atoms with Gasteiger partial charge in [0.2, 0.25) is 0 Å². The maximum atomic E-state index is 8.77. The van der Waals surface area contributed by atoms with Crippen LogP contribution in [0.2, 0.25) is 0 Å². The van der Waals surface area contributed by atoms with Crippen LogP contribution in [0.4, 0.5) is 11.4 Å². The summed E-state index contributed by atoms with van der Waals surface area (Å²) in [6.45, 7) is 6.54. The minimum absolute atomic E-state index is 0.400.